The first-order valence-corrected chi connectivity index (χ1v) is 24.7. The van der Waals surface area contributed by atoms with Crippen LogP contribution in [0.2, 0.25) is 16.6 Å². The standard InChI is InChI=1S/C52H61GeNO2Si/c1-37(2)46-34-48(50(42-22-14-10-15-23-42)43-24-16-11-17-25-43)52(49(35-46)51(44-26-18-12-19-27-44)45-28-20-13-21-29-45)54(57(38(3)4,39(5)6)40(7)8)53-56-36-41-30-32-47(55-9)33-31-41/h10-35,37-40,50-51H,36H2,1-9H3. The zero-order chi connectivity index (χ0) is 40.5. The van der Waals surface area contributed by atoms with E-state index in [1.54, 1.807) is 7.11 Å². The summed E-state index contributed by atoms with van der Waals surface area (Å²) in [6.07, 6.45) is 0. The second-order valence-electron chi connectivity index (χ2n) is 16.6. The summed E-state index contributed by atoms with van der Waals surface area (Å²) in [4.78, 5) is 0. The summed E-state index contributed by atoms with van der Waals surface area (Å²) in [5.41, 5.74) is 13.3. The van der Waals surface area contributed by atoms with E-state index in [9.17, 15) is 0 Å². The molecule has 0 heterocycles. The Labute approximate surface area is 351 Å². The first-order valence-electron chi connectivity index (χ1n) is 20.8. The van der Waals surface area contributed by atoms with E-state index in [0.717, 1.165) is 5.75 Å². The molecule has 294 valence electrons. The summed E-state index contributed by atoms with van der Waals surface area (Å²) < 4.78 is 15.7. The second-order valence-corrected chi connectivity index (χ2v) is 25.2. The van der Waals surface area contributed by atoms with Gasteiger partial charge in [-0.25, -0.2) is 0 Å². The third-order valence-electron chi connectivity index (χ3n) is 12.0. The van der Waals surface area contributed by atoms with Crippen LogP contribution in [0.1, 0.15) is 118 Å². The van der Waals surface area contributed by atoms with Gasteiger partial charge in [-0.2, -0.15) is 0 Å². The van der Waals surface area contributed by atoms with Gasteiger partial charge in [-0.05, 0) is 0 Å². The molecule has 0 atom stereocenters. The molecule has 0 saturated carbocycles. The quantitative estimate of drug-likeness (QED) is 0.0675. The van der Waals surface area contributed by atoms with Gasteiger partial charge in [0.2, 0.25) is 0 Å². The molecule has 0 aliphatic heterocycles. The van der Waals surface area contributed by atoms with Gasteiger partial charge in [0.05, 0.1) is 0 Å². The van der Waals surface area contributed by atoms with Crippen LogP contribution in [0.4, 0.5) is 5.69 Å². The molecular weight excluding hydrogens is 771 g/mol. The van der Waals surface area contributed by atoms with E-state index in [4.69, 9.17) is 8.50 Å². The van der Waals surface area contributed by atoms with E-state index in [0.29, 0.717) is 29.1 Å². The van der Waals surface area contributed by atoms with Crippen molar-refractivity contribution in [3.8, 4) is 5.75 Å². The molecule has 0 N–H and O–H groups in total. The fourth-order valence-corrected chi connectivity index (χ4v) is 23.5. The molecule has 0 aromatic heterocycles. The minimum absolute atomic E-state index is 0.0147. The van der Waals surface area contributed by atoms with Crippen molar-refractivity contribution in [3.05, 3.63) is 202 Å². The van der Waals surface area contributed by atoms with Crippen molar-refractivity contribution in [2.45, 2.75) is 96.4 Å². The van der Waals surface area contributed by atoms with Gasteiger partial charge in [-0.15, -0.1) is 0 Å². The molecule has 57 heavy (non-hydrogen) atoms. The number of benzene rings is 6. The van der Waals surface area contributed by atoms with Crippen LogP contribution in [-0.4, -0.2) is 31.3 Å². The zero-order valence-electron chi connectivity index (χ0n) is 35.4. The Balaban J connectivity index is 1.76. The van der Waals surface area contributed by atoms with Gasteiger partial charge in [-0.3, -0.25) is 0 Å². The van der Waals surface area contributed by atoms with Crippen LogP contribution in [0.25, 0.3) is 0 Å². The molecule has 0 bridgehead atoms. The van der Waals surface area contributed by atoms with Crippen molar-refractivity contribution in [1.29, 1.82) is 0 Å². The van der Waals surface area contributed by atoms with Crippen LogP contribution >= 0.6 is 0 Å². The Hall–Kier alpha value is -4.36. The number of rotatable bonds is 17. The molecule has 0 aliphatic carbocycles. The molecule has 2 radical (unpaired) electrons. The predicted octanol–water partition coefficient (Wildman–Crippen LogP) is 13.9. The van der Waals surface area contributed by atoms with E-state index in [2.05, 4.69) is 205 Å². The fourth-order valence-electron chi connectivity index (χ4n) is 9.42. The Morgan fingerprint density at radius 3 is 1.18 bits per heavy atom. The number of nitrogens with zero attached hydrogens (tertiary/aromatic N) is 1. The summed E-state index contributed by atoms with van der Waals surface area (Å²) in [6, 6.07) is 58.3. The predicted molar refractivity (Wildman–Crippen MR) is 245 cm³/mol. The molecule has 0 amide bonds. The summed E-state index contributed by atoms with van der Waals surface area (Å²) >= 11 is -1.17. The minimum atomic E-state index is -2.41. The number of methoxy groups -OCH3 is 1. The summed E-state index contributed by atoms with van der Waals surface area (Å²) in [5, 5.41) is 0. The van der Waals surface area contributed by atoms with E-state index >= 15 is 0 Å². The average molecular weight is 833 g/mol. The molecule has 5 heteroatoms. The Morgan fingerprint density at radius 2 is 0.860 bits per heavy atom. The molecule has 3 nitrogen and oxygen atoms in total. The SMILES string of the molecule is COc1ccc(C[O][Ge][N](c2c(C(c3ccccc3)c3ccccc3)cc(C(C)C)cc2C(c2ccccc2)c2ccccc2)[Si](C(C)C)(C(C)C)C(C)C)cc1. The second kappa shape index (κ2) is 19.4. The maximum absolute atomic E-state index is 7.18. The van der Waals surface area contributed by atoms with E-state index in [1.807, 2.05) is 12.1 Å². The molecule has 0 unspecified atom stereocenters. The Bertz CT molecular complexity index is 1920. The van der Waals surface area contributed by atoms with Gasteiger partial charge in [0.15, 0.2) is 0 Å². The fraction of sp³-hybridized carbons (Fsp3) is 0.308. The first-order chi connectivity index (χ1) is 27.6. The molecular formula is C52H61GeNO2Si. The van der Waals surface area contributed by atoms with Crippen LogP contribution in [-0.2, 0) is 10.4 Å². The average Bonchev–Trinajstić information content (AvgIpc) is 3.22. The van der Waals surface area contributed by atoms with E-state index < -0.39 is 24.2 Å². The van der Waals surface area contributed by atoms with E-state index in [-0.39, 0.29) is 11.8 Å². The van der Waals surface area contributed by atoms with Gasteiger partial charge in [0, 0.05) is 0 Å². The van der Waals surface area contributed by atoms with Gasteiger partial charge >= 0.3 is 353 Å². The number of anilines is 1. The van der Waals surface area contributed by atoms with Gasteiger partial charge in [-0.1, -0.05) is 0 Å². The van der Waals surface area contributed by atoms with Gasteiger partial charge in [0.25, 0.3) is 0 Å². The summed E-state index contributed by atoms with van der Waals surface area (Å²) in [7, 11) is -0.688. The number of hydrogen-bond donors (Lipinski definition) is 0. The molecule has 6 aromatic carbocycles. The molecule has 0 saturated heterocycles. The maximum atomic E-state index is 7.18. The van der Waals surface area contributed by atoms with Crippen molar-refractivity contribution in [3.63, 3.8) is 0 Å². The van der Waals surface area contributed by atoms with Gasteiger partial charge in [0.1, 0.15) is 0 Å². The molecule has 6 aromatic rings. The van der Waals surface area contributed by atoms with Crippen LogP contribution in [0.3, 0.4) is 0 Å². The van der Waals surface area contributed by atoms with Crippen LogP contribution in [0.15, 0.2) is 158 Å². The van der Waals surface area contributed by atoms with Crippen molar-refractivity contribution in [2.24, 2.45) is 0 Å². The van der Waals surface area contributed by atoms with Crippen molar-refractivity contribution >= 4 is 29.9 Å². The zero-order valence-corrected chi connectivity index (χ0v) is 38.5. The summed E-state index contributed by atoms with van der Waals surface area (Å²) in [6.45, 7) is 20.2. The third kappa shape index (κ3) is 9.19. The van der Waals surface area contributed by atoms with Crippen molar-refractivity contribution < 1.29 is 8.50 Å². The topological polar surface area (TPSA) is 21.7 Å². The molecule has 0 spiro atoms. The Kier molecular flexibility index (Phi) is 14.4. The number of hydrogen-bond acceptors (Lipinski definition) is 3. The van der Waals surface area contributed by atoms with E-state index in [1.165, 1.54) is 50.2 Å². The number of ether oxygens (including phenoxy) is 1. The van der Waals surface area contributed by atoms with Crippen LogP contribution < -0.4 is 8.26 Å². The summed E-state index contributed by atoms with van der Waals surface area (Å²) in [5.74, 6) is 1.22. The molecule has 0 fully saturated rings. The monoisotopic (exact) mass is 833 g/mol. The van der Waals surface area contributed by atoms with Crippen molar-refractivity contribution in [2.75, 3.05) is 10.6 Å². The Morgan fingerprint density at radius 1 is 0.491 bits per heavy atom. The molecule has 0 aliphatic rings. The molecule has 6 rings (SSSR count). The van der Waals surface area contributed by atoms with Crippen molar-refractivity contribution in [1.82, 2.24) is 0 Å². The van der Waals surface area contributed by atoms with Crippen LogP contribution in [0, 0.1) is 0 Å². The first kappa shape index (κ1) is 42.3. The third-order valence-corrected chi connectivity index (χ3v) is 22.8. The van der Waals surface area contributed by atoms with Crippen LogP contribution in [0.5, 0.6) is 5.75 Å². The van der Waals surface area contributed by atoms with Gasteiger partial charge < -0.3 is 0 Å². The normalized spacial score (nSPS) is 12.1.